The van der Waals surface area contributed by atoms with Crippen molar-refractivity contribution in [1.82, 2.24) is 15.6 Å². The first kappa shape index (κ1) is 16.5. The first-order chi connectivity index (χ1) is 10.3. The van der Waals surface area contributed by atoms with Crippen LogP contribution < -0.4 is 10.6 Å². The highest BCUT2D eigenvalue weighted by Gasteiger charge is 2.27. The molecule has 0 saturated carbocycles. The van der Waals surface area contributed by atoms with E-state index in [1.807, 2.05) is 19.2 Å². The number of urea groups is 1. The van der Waals surface area contributed by atoms with E-state index in [1.165, 1.54) is 11.3 Å². The molecule has 0 fully saturated rings. The summed E-state index contributed by atoms with van der Waals surface area (Å²) < 4.78 is 5.40. The summed E-state index contributed by atoms with van der Waals surface area (Å²) in [4.78, 5) is 16.3. The number of thiazole rings is 1. The highest BCUT2D eigenvalue weighted by molar-refractivity contribution is 7.09. The molecule has 0 aliphatic heterocycles. The molecular weight excluding hydrogens is 302 g/mol. The zero-order valence-electron chi connectivity index (χ0n) is 13.1. The Morgan fingerprint density at radius 1 is 1.50 bits per heavy atom. The van der Waals surface area contributed by atoms with Crippen LogP contribution in [0.15, 0.2) is 21.9 Å². The Morgan fingerprint density at radius 2 is 2.23 bits per heavy atom. The molecule has 2 aromatic rings. The normalized spacial score (nSPS) is 15.1. The van der Waals surface area contributed by atoms with Crippen LogP contribution in [0.1, 0.15) is 42.1 Å². The summed E-state index contributed by atoms with van der Waals surface area (Å²) in [5.41, 5.74) is -0.322. The van der Waals surface area contributed by atoms with Gasteiger partial charge in [0.1, 0.15) is 22.1 Å². The molecule has 3 N–H and O–H groups in total. The standard InChI is InChI=1S/C15H21N3O3S/c1-9-7-22-13(17-9)11(3)18-14(19)16-8-15(4,20)12-6-5-10(2)21-12/h5-7,11,20H,8H2,1-4H3,(H2,16,18,19)/t11-,15-/m1/s1. The van der Waals surface area contributed by atoms with Crippen LogP contribution in [0.4, 0.5) is 4.79 Å². The van der Waals surface area contributed by atoms with Crippen molar-refractivity contribution in [2.75, 3.05) is 6.54 Å². The van der Waals surface area contributed by atoms with Crippen LogP contribution in [0.5, 0.6) is 0 Å². The van der Waals surface area contributed by atoms with Gasteiger partial charge in [0.25, 0.3) is 0 Å². The van der Waals surface area contributed by atoms with Gasteiger partial charge < -0.3 is 20.2 Å². The van der Waals surface area contributed by atoms with Gasteiger partial charge in [0.2, 0.25) is 0 Å². The largest absolute Gasteiger partial charge is 0.463 e. The number of carbonyl (C=O) groups is 1. The molecule has 2 amide bonds. The minimum atomic E-state index is -1.26. The zero-order chi connectivity index (χ0) is 16.3. The number of amides is 2. The van der Waals surface area contributed by atoms with Crippen molar-refractivity contribution >= 4 is 17.4 Å². The third-order valence-corrected chi connectivity index (χ3v) is 4.36. The van der Waals surface area contributed by atoms with Crippen LogP contribution in [-0.2, 0) is 5.60 Å². The Hall–Kier alpha value is -1.86. The molecule has 7 heteroatoms. The van der Waals surface area contributed by atoms with E-state index in [4.69, 9.17) is 4.42 Å². The van der Waals surface area contributed by atoms with E-state index in [-0.39, 0.29) is 18.6 Å². The molecule has 22 heavy (non-hydrogen) atoms. The zero-order valence-corrected chi connectivity index (χ0v) is 14.0. The second-order valence-electron chi connectivity index (χ2n) is 5.56. The molecule has 2 atom stereocenters. The Morgan fingerprint density at radius 3 is 2.77 bits per heavy atom. The third-order valence-electron chi connectivity index (χ3n) is 3.22. The quantitative estimate of drug-likeness (QED) is 0.789. The molecule has 0 aliphatic carbocycles. The average Bonchev–Trinajstić information content (AvgIpc) is 3.05. The maximum absolute atomic E-state index is 11.9. The Balaban J connectivity index is 1.87. The first-order valence-electron chi connectivity index (χ1n) is 7.03. The third kappa shape index (κ3) is 4.08. The minimum Gasteiger partial charge on any atom is -0.463 e. The number of aliphatic hydroxyl groups is 1. The van der Waals surface area contributed by atoms with Gasteiger partial charge in [-0.3, -0.25) is 0 Å². The van der Waals surface area contributed by atoms with Gasteiger partial charge in [-0.1, -0.05) is 0 Å². The van der Waals surface area contributed by atoms with Crippen LogP contribution >= 0.6 is 11.3 Å². The van der Waals surface area contributed by atoms with Gasteiger partial charge in [0.05, 0.1) is 12.6 Å². The SMILES string of the molecule is Cc1csc([C@@H](C)NC(=O)NC[C@@](C)(O)c2ccc(C)o2)n1. The Kier molecular flexibility index (Phi) is 4.87. The maximum atomic E-state index is 11.9. The van der Waals surface area contributed by atoms with Crippen molar-refractivity contribution in [2.45, 2.75) is 39.3 Å². The van der Waals surface area contributed by atoms with Crippen molar-refractivity contribution < 1.29 is 14.3 Å². The van der Waals surface area contributed by atoms with Gasteiger partial charge in [0.15, 0.2) is 0 Å². The lowest BCUT2D eigenvalue weighted by molar-refractivity contribution is 0.0359. The summed E-state index contributed by atoms with van der Waals surface area (Å²) >= 11 is 1.50. The van der Waals surface area contributed by atoms with Crippen molar-refractivity contribution in [2.24, 2.45) is 0 Å². The molecule has 0 aliphatic rings. The highest BCUT2D eigenvalue weighted by atomic mass is 32.1. The van der Waals surface area contributed by atoms with Crippen LogP contribution in [0.25, 0.3) is 0 Å². The first-order valence-corrected chi connectivity index (χ1v) is 7.91. The number of nitrogens with zero attached hydrogens (tertiary/aromatic N) is 1. The molecule has 0 bridgehead atoms. The van der Waals surface area contributed by atoms with Gasteiger partial charge >= 0.3 is 6.03 Å². The van der Waals surface area contributed by atoms with E-state index in [2.05, 4.69) is 15.6 Å². The molecule has 0 unspecified atom stereocenters. The van der Waals surface area contributed by atoms with Crippen LogP contribution in [0, 0.1) is 13.8 Å². The predicted molar refractivity (Wildman–Crippen MR) is 84.8 cm³/mol. The van der Waals surface area contributed by atoms with Crippen LogP contribution in [-0.4, -0.2) is 22.7 Å². The summed E-state index contributed by atoms with van der Waals surface area (Å²) in [7, 11) is 0. The molecule has 2 rings (SSSR count). The number of furan rings is 1. The molecule has 2 heterocycles. The van der Waals surface area contributed by atoms with Crippen molar-refractivity contribution in [3.63, 3.8) is 0 Å². The number of hydrogen-bond donors (Lipinski definition) is 3. The summed E-state index contributed by atoms with van der Waals surface area (Å²) in [6.45, 7) is 7.23. The number of aromatic nitrogens is 1. The second-order valence-corrected chi connectivity index (χ2v) is 6.45. The monoisotopic (exact) mass is 323 g/mol. The van der Waals surface area contributed by atoms with Crippen molar-refractivity contribution in [3.05, 3.63) is 39.7 Å². The fraction of sp³-hybridized carbons (Fsp3) is 0.467. The molecule has 2 aromatic heterocycles. The predicted octanol–water partition coefficient (Wildman–Crippen LogP) is 2.62. The summed E-state index contributed by atoms with van der Waals surface area (Å²) in [6.07, 6.45) is 0. The van der Waals surface area contributed by atoms with Gasteiger partial charge in [-0.15, -0.1) is 11.3 Å². The highest BCUT2D eigenvalue weighted by Crippen LogP contribution is 2.22. The van der Waals surface area contributed by atoms with Gasteiger partial charge in [0, 0.05) is 11.1 Å². The van der Waals surface area contributed by atoms with E-state index < -0.39 is 5.60 Å². The molecule has 0 aromatic carbocycles. The van der Waals surface area contributed by atoms with Gasteiger partial charge in [-0.05, 0) is 39.8 Å². The molecule has 0 radical (unpaired) electrons. The molecule has 0 saturated heterocycles. The lowest BCUT2D eigenvalue weighted by Crippen LogP contribution is -2.44. The van der Waals surface area contributed by atoms with Crippen LogP contribution in [0.3, 0.4) is 0 Å². The van der Waals surface area contributed by atoms with E-state index >= 15 is 0 Å². The van der Waals surface area contributed by atoms with Gasteiger partial charge in [-0.25, -0.2) is 9.78 Å². The van der Waals surface area contributed by atoms with E-state index in [1.54, 1.807) is 26.0 Å². The fourth-order valence-corrected chi connectivity index (χ4v) is 2.75. The molecule has 0 spiro atoms. The summed E-state index contributed by atoms with van der Waals surface area (Å²) in [5, 5.41) is 18.6. The number of nitrogens with one attached hydrogen (secondary N) is 2. The number of hydrogen-bond acceptors (Lipinski definition) is 5. The lowest BCUT2D eigenvalue weighted by atomic mass is 10.0. The van der Waals surface area contributed by atoms with Crippen molar-refractivity contribution in [1.29, 1.82) is 0 Å². The average molecular weight is 323 g/mol. The van der Waals surface area contributed by atoms with E-state index in [9.17, 15) is 9.90 Å². The number of aryl methyl sites for hydroxylation is 2. The maximum Gasteiger partial charge on any atom is 0.315 e. The molecular formula is C15H21N3O3S. The molecule has 120 valence electrons. The van der Waals surface area contributed by atoms with E-state index in [0.717, 1.165) is 10.7 Å². The Labute approximate surface area is 133 Å². The van der Waals surface area contributed by atoms with Gasteiger partial charge in [-0.2, -0.15) is 0 Å². The smallest absolute Gasteiger partial charge is 0.315 e. The van der Waals surface area contributed by atoms with E-state index in [0.29, 0.717) is 11.5 Å². The fourth-order valence-electron chi connectivity index (χ4n) is 1.94. The Bertz CT molecular complexity index is 648. The summed E-state index contributed by atoms with van der Waals surface area (Å²) in [5.74, 6) is 1.14. The second kappa shape index (κ2) is 6.50. The topological polar surface area (TPSA) is 87.4 Å². The number of rotatable bonds is 5. The van der Waals surface area contributed by atoms with Crippen molar-refractivity contribution in [3.8, 4) is 0 Å². The lowest BCUT2D eigenvalue weighted by Gasteiger charge is -2.22. The summed E-state index contributed by atoms with van der Waals surface area (Å²) in [6, 6.07) is 2.94. The minimum absolute atomic E-state index is 0.0510. The molecule has 6 nitrogen and oxygen atoms in total. The number of carbonyl (C=O) groups excluding carboxylic acids is 1. The van der Waals surface area contributed by atoms with Crippen LogP contribution in [0.2, 0.25) is 0 Å².